The minimum Gasteiger partial charge on any atom is -0.399 e. The Kier molecular flexibility index (Phi) is 6.17. The predicted octanol–water partition coefficient (Wildman–Crippen LogP) is 2.65. The van der Waals surface area contributed by atoms with Gasteiger partial charge < -0.3 is 15.6 Å². The first kappa shape index (κ1) is 17.0. The molecule has 0 bridgehead atoms. The normalized spacial score (nSPS) is 10.0. The van der Waals surface area contributed by atoms with Crippen LogP contribution in [0.25, 0.3) is 0 Å². The van der Waals surface area contributed by atoms with Crippen molar-refractivity contribution < 1.29 is 9.32 Å². The summed E-state index contributed by atoms with van der Waals surface area (Å²) in [7, 11) is 0. The van der Waals surface area contributed by atoms with Gasteiger partial charge in [0.25, 0.3) is 0 Å². The first-order valence-corrected chi connectivity index (χ1v) is 6.50. The van der Waals surface area contributed by atoms with Gasteiger partial charge in [-0.15, -0.1) is 12.4 Å². The van der Waals surface area contributed by atoms with E-state index in [1.165, 1.54) is 0 Å². The summed E-state index contributed by atoms with van der Waals surface area (Å²) in [5, 5.41) is 6.56. The maximum absolute atomic E-state index is 11.9. The van der Waals surface area contributed by atoms with Crippen LogP contribution in [0, 0.1) is 13.8 Å². The van der Waals surface area contributed by atoms with Crippen molar-refractivity contribution >= 4 is 29.7 Å². The monoisotopic (exact) mass is 310 g/mol. The van der Waals surface area contributed by atoms with Crippen LogP contribution in [0.2, 0.25) is 0 Å². The molecule has 0 saturated heterocycles. The molecule has 1 aromatic heterocycles. The summed E-state index contributed by atoms with van der Waals surface area (Å²) in [6.07, 6.45) is 1.66. The molecule has 1 amide bonds. The smallest absolute Gasteiger partial charge is 0.226 e. The van der Waals surface area contributed by atoms with Gasteiger partial charge in [0.1, 0.15) is 0 Å². The SMILES string of the molecule is Cc1noc(CCCC(=O)Nc2cc(N)ccc2C)n1.Cl. The molecule has 2 rings (SSSR count). The molecule has 0 saturated carbocycles. The Morgan fingerprint density at radius 2 is 2.14 bits per heavy atom. The molecule has 0 spiro atoms. The fourth-order valence-electron chi connectivity index (χ4n) is 1.83. The van der Waals surface area contributed by atoms with Crippen LogP contribution < -0.4 is 11.1 Å². The summed E-state index contributed by atoms with van der Waals surface area (Å²) in [5.41, 5.74) is 8.07. The second-order valence-corrected chi connectivity index (χ2v) is 4.71. The summed E-state index contributed by atoms with van der Waals surface area (Å²) < 4.78 is 4.99. The van der Waals surface area contributed by atoms with E-state index in [4.69, 9.17) is 10.3 Å². The fourth-order valence-corrected chi connectivity index (χ4v) is 1.83. The number of carbonyl (C=O) groups excluding carboxylic acids is 1. The fraction of sp³-hybridized carbons (Fsp3) is 0.357. The molecule has 1 aromatic carbocycles. The molecule has 3 N–H and O–H groups in total. The molecule has 21 heavy (non-hydrogen) atoms. The summed E-state index contributed by atoms with van der Waals surface area (Å²) >= 11 is 0. The van der Waals surface area contributed by atoms with Crippen LogP contribution in [0.3, 0.4) is 0 Å². The molecule has 0 radical (unpaired) electrons. The molecule has 0 aliphatic heterocycles. The Bertz CT molecular complexity index is 613. The zero-order chi connectivity index (χ0) is 14.5. The zero-order valence-electron chi connectivity index (χ0n) is 12.0. The number of nitrogens with zero attached hydrogens (tertiary/aromatic N) is 2. The van der Waals surface area contributed by atoms with Gasteiger partial charge in [0.15, 0.2) is 5.82 Å². The zero-order valence-corrected chi connectivity index (χ0v) is 12.9. The van der Waals surface area contributed by atoms with Crippen molar-refractivity contribution in [3.05, 3.63) is 35.5 Å². The quantitative estimate of drug-likeness (QED) is 0.828. The maximum atomic E-state index is 11.9. The number of aryl methyl sites for hydroxylation is 3. The highest BCUT2D eigenvalue weighted by molar-refractivity contribution is 5.92. The van der Waals surface area contributed by atoms with Crippen LogP contribution in [0.5, 0.6) is 0 Å². The number of anilines is 2. The van der Waals surface area contributed by atoms with Gasteiger partial charge in [0, 0.05) is 24.2 Å². The predicted molar refractivity (Wildman–Crippen MR) is 83.4 cm³/mol. The molecule has 0 atom stereocenters. The number of aromatic nitrogens is 2. The summed E-state index contributed by atoms with van der Waals surface area (Å²) in [6, 6.07) is 5.45. The van der Waals surface area contributed by atoms with Gasteiger partial charge in [-0.3, -0.25) is 4.79 Å². The van der Waals surface area contributed by atoms with Gasteiger partial charge in [-0.1, -0.05) is 11.2 Å². The Labute approximate surface area is 129 Å². The van der Waals surface area contributed by atoms with Crippen LogP contribution in [0.15, 0.2) is 22.7 Å². The van der Waals surface area contributed by atoms with Crippen molar-refractivity contribution in [1.29, 1.82) is 0 Å². The third kappa shape index (κ3) is 5.07. The Morgan fingerprint density at radius 3 is 2.81 bits per heavy atom. The lowest BCUT2D eigenvalue weighted by Gasteiger charge is -2.08. The summed E-state index contributed by atoms with van der Waals surface area (Å²) in [6.45, 7) is 3.69. The lowest BCUT2D eigenvalue weighted by atomic mass is 10.1. The number of nitrogen functional groups attached to an aromatic ring is 1. The van der Waals surface area contributed by atoms with Crippen LogP contribution >= 0.6 is 12.4 Å². The van der Waals surface area contributed by atoms with Gasteiger partial charge >= 0.3 is 0 Å². The van der Waals surface area contributed by atoms with Crippen molar-refractivity contribution in [3.63, 3.8) is 0 Å². The van der Waals surface area contributed by atoms with Crippen molar-refractivity contribution in [2.45, 2.75) is 33.1 Å². The van der Waals surface area contributed by atoms with Crippen LogP contribution in [-0.4, -0.2) is 16.0 Å². The number of amides is 1. The first-order valence-electron chi connectivity index (χ1n) is 6.50. The number of halogens is 1. The number of hydrogen-bond acceptors (Lipinski definition) is 5. The highest BCUT2D eigenvalue weighted by atomic mass is 35.5. The van der Waals surface area contributed by atoms with E-state index in [1.807, 2.05) is 19.1 Å². The number of rotatable bonds is 5. The van der Waals surface area contributed by atoms with E-state index in [2.05, 4.69) is 15.5 Å². The van der Waals surface area contributed by atoms with E-state index in [1.54, 1.807) is 13.0 Å². The largest absolute Gasteiger partial charge is 0.399 e. The Balaban J connectivity index is 0.00000220. The first-order chi connectivity index (χ1) is 9.54. The minimum absolute atomic E-state index is 0. The van der Waals surface area contributed by atoms with E-state index >= 15 is 0 Å². The van der Waals surface area contributed by atoms with Gasteiger partial charge in [0.05, 0.1) is 0 Å². The van der Waals surface area contributed by atoms with E-state index in [9.17, 15) is 4.79 Å². The summed E-state index contributed by atoms with van der Waals surface area (Å²) in [4.78, 5) is 15.9. The van der Waals surface area contributed by atoms with Crippen LogP contribution in [0.1, 0.15) is 30.1 Å². The minimum atomic E-state index is -0.0464. The third-order valence-corrected chi connectivity index (χ3v) is 2.90. The topological polar surface area (TPSA) is 94.0 Å². The lowest BCUT2D eigenvalue weighted by Crippen LogP contribution is -2.12. The maximum Gasteiger partial charge on any atom is 0.226 e. The van der Waals surface area contributed by atoms with Gasteiger partial charge in [0.2, 0.25) is 11.8 Å². The molecule has 0 aliphatic rings. The van der Waals surface area contributed by atoms with Gasteiger partial charge in [-0.2, -0.15) is 4.98 Å². The second kappa shape index (κ2) is 7.64. The third-order valence-electron chi connectivity index (χ3n) is 2.90. The Morgan fingerprint density at radius 1 is 1.38 bits per heavy atom. The van der Waals surface area contributed by atoms with E-state index in [0.717, 1.165) is 11.3 Å². The molecule has 0 aliphatic carbocycles. The lowest BCUT2D eigenvalue weighted by molar-refractivity contribution is -0.116. The number of nitrogens with one attached hydrogen (secondary N) is 1. The molecular formula is C14H19ClN4O2. The van der Waals surface area contributed by atoms with E-state index in [-0.39, 0.29) is 18.3 Å². The van der Waals surface area contributed by atoms with Crippen LogP contribution in [-0.2, 0) is 11.2 Å². The van der Waals surface area contributed by atoms with Crippen molar-refractivity contribution in [2.75, 3.05) is 11.1 Å². The van der Waals surface area contributed by atoms with Crippen molar-refractivity contribution in [2.24, 2.45) is 0 Å². The average molecular weight is 311 g/mol. The number of carbonyl (C=O) groups is 1. The number of hydrogen-bond donors (Lipinski definition) is 2. The van der Waals surface area contributed by atoms with Crippen molar-refractivity contribution in [1.82, 2.24) is 10.1 Å². The standard InChI is InChI=1S/C14H18N4O2.ClH/c1-9-6-7-11(15)8-12(9)17-13(19)4-3-5-14-16-10(2)18-20-14;/h6-8H,3-5,15H2,1-2H3,(H,17,19);1H. The summed E-state index contributed by atoms with van der Waals surface area (Å²) in [5.74, 6) is 1.13. The Hall–Kier alpha value is -2.08. The van der Waals surface area contributed by atoms with Crippen molar-refractivity contribution in [3.8, 4) is 0 Å². The average Bonchev–Trinajstić information content (AvgIpc) is 2.80. The number of benzene rings is 1. The molecular weight excluding hydrogens is 292 g/mol. The van der Waals surface area contributed by atoms with Gasteiger partial charge in [-0.25, -0.2) is 0 Å². The molecule has 6 nitrogen and oxygen atoms in total. The molecule has 1 heterocycles. The highest BCUT2D eigenvalue weighted by Gasteiger charge is 2.07. The van der Waals surface area contributed by atoms with E-state index < -0.39 is 0 Å². The molecule has 0 fully saturated rings. The van der Waals surface area contributed by atoms with E-state index in [0.29, 0.717) is 36.7 Å². The molecule has 2 aromatic rings. The molecule has 0 unspecified atom stereocenters. The van der Waals surface area contributed by atoms with Gasteiger partial charge in [-0.05, 0) is 38.0 Å². The highest BCUT2D eigenvalue weighted by Crippen LogP contribution is 2.18. The second-order valence-electron chi connectivity index (χ2n) is 4.71. The van der Waals surface area contributed by atoms with Crippen LogP contribution in [0.4, 0.5) is 11.4 Å². The molecule has 114 valence electrons. The molecule has 7 heteroatoms. The number of nitrogens with two attached hydrogens (primary N) is 1.